The first kappa shape index (κ1) is 21.0. The maximum atomic E-state index is 12.3. The average molecular weight is 438 g/mol. The van der Waals surface area contributed by atoms with E-state index in [1.165, 1.54) is 0 Å². The third-order valence-electron chi connectivity index (χ3n) is 3.92. The molecule has 0 saturated heterocycles. The van der Waals surface area contributed by atoms with Gasteiger partial charge in [0.1, 0.15) is 0 Å². The lowest BCUT2D eigenvalue weighted by atomic mass is 10.2. The fourth-order valence-electron chi connectivity index (χ4n) is 2.52. The van der Waals surface area contributed by atoms with Crippen LogP contribution in [0.1, 0.15) is 38.5 Å². The molecule has 1 aromatic carbocycles. The summed E-state index contributed by atoms with van der Waals surface area (Å²) < 4.78 is 11.6. The number of unbranched alkanes of at least 4 members (excludes halogenated alkanes) is 3. The van der Waals surface area contributed by atoms with E-state index in [9.17, 15) is 9.59 Å². The molecule has 2 amide bonds. The summed E-state index contributed by atoms with van der Waals surface area (Å²) in [6.45, 7) is 2.64. The van der Waals surface area contributed by atoms with Gasteiger partial charge in [0, 0.05) is 16.6 Å². The van der Waals surface area contributed by atoms with Crippen molar-refractivity contribution in [1.82, 2.24) is 10.3 Å². The first-order chi connectivity index (χ1) is 13.0. The molecule has 0 unspecified atom stereocenters. The van der Waals surface area contributed by atoms with Gasteiger partial charge in [-0.15, -0.1) is 0 Å². The van der Waals surface area contributed by atoms with Gasteiger partial charge in [0.15, 0.2) is 17.8 Å². The monoisotopic (exact) mass is 437 g/mol. The molecule has 0 radical (unpaired) electrons. The summed E-state index contributed by atoms with van der Waals surface area (Å²) in [7, 11) is 0. The van der Waals surface area contributed by atoms with Gasteiger partial charge in [0.05, 0.1) is 12.6 Å². The van der Waals surface area contributed by atoms with Crippen LogP contribution in [-0.2, 0) is 16.0 Å². The normalized spacial score (nSPS) is 11.8. The van der Waals surface area contributed by atoms with E-state index in [1.54, 1.807) is 6.20 Å². The highest BCUT2D eigenvalue weighted by molar-refractivity contribution is 9.10. The van der Waals surface area contributed by atoms with Gasteiger partial charge in [-0.3, -0.25) is 4.79 Å². The molecule has 8 heteroatoms. The van der Waals surface area contributed by atoms with E-state index in [4.69, 9.17) is 14.9 Å². The minimum Gasteiger partial charge on any atom is -0.441 e. The van der Waals surface area contributed by atoms with Crippen LogP contribution in [0.2, 0.25) is 0 Å². The Morgan fingerprint density at radius 2 is 2.00 bits per heavy atom. The summed E-state index contributed by atoms with van der Waals surface area (Å²) in [5.41, 5.74) is 5.94. The minimum atomic E-state index is -1.08. The van der Waals surface area contributed by atoms with Crippen molar-refractivity contribution in [3.8, 4) is 11.3 Å². The Morgan fingerprint density at radius 1 is 1.26 bits per heavy atom. The summed E-state index contributed by atoms with van der Waals surface area (Å²) >= 11 is 3.38. The molecule has 2 aromatic rings. The zero-order valence-electron chi connectivity index (χ0n) is 15.2. The predicted octanol–water partition coefficient (Wildman–Crippen LogP) is 3.81. The van der Waals surface area contributed by atoms with E-state index in [2.05, 4.69) is 33.2 Å². The Kier molecular flexibility index (Phi) is 8.32. The molecule has 0 aliphatic carbocycles. The van der Waals surface area contributed by atoms with Crippen LogP contribution < -0.4 is 11.1 Å². The molecule has 0 fully saturated rings. The van der Waals surface area contributed by atoms with Crippen molar-refractivity contribution >= 4 is 27.9 Å². The van der Waals surface area contributed by atoms with Crippen LogP contribution in [0.25, 0.3) is 11.3 Å². The third kappa shape index (κ3) is 7.05. The molecule has 0 spiro atoms. The molecule has 0 aliphatic heterocycles. The van der Waals surface area contributed by atoms with Crippen molar-refractivity contribution in [1.29, 1.82) is 0 Å². The number of hydrogen-bond donors (Lipinski definition) is 2. The molecule has 27 heavy (non-hydrogen) atoms. The standard InChI is InChI=1S/C19H24BrN3O4/c1-2-3-4-5-10-22-18(24)15(27-19(21)25)11-17-23-12-16(26-17)13-6-8-14(20)9-7-13/h6-9,12,15H,2-5,10-11H2,1H3,(H2,21,25)(H,22,24)/t15-/m0/s1. The Morgan fingerprint density at radius 3 is 2.67 bits per heavy atom. The van der Waals surface area contributed by atoms with Crippen LogP contribution >= 0.6 is 15.9 Å². The molecule has 1 atom stereocenters. The SMILES string of the molecule is CCCCCCNC(=O)[C@H](Cc1ncc(-c2ccc(Br)cc2)o1)OC(N)=O. The van der Waals surface area contributed by atoms with Crippen LogP contribution in [0.15, 0.2) is 39.4 Å². The Balaban J connectivity index is 1.97. The van der Waals surface area contributed by atoms with Gasteiger partial charge in [-0.25, -0.2) is 9.78 Å². The number of aromatic nitrogens is 1. The number of carbonyl (C=O) groups excluding carboxylic acids is 2. The number of halogens is 1. The van der Waals surface area contributed by atoms with Crippen molar-refractivity contribution in [2.24, 2.45) is 5.73 Å². The van der Waals surface area contributed by atoms with Gasteiger partial charge in [-0.2, -0.15) is 0 Å². The minimum absolute atomic E-state index is 0.0141. The largest absolute Gasteiger partial charge is 0.441 e. The van der Waals surface area contributed by atoms with Crippen LogP contribution in [0.3, 0.4) is 0 Å². The first-order valence-corrected chi connectivity index (χ1v) is 9.73. The number of benzene rings is 1. The molecule has 0 saturated carbocycles. The predicted molar refractivity (Wildman–Crippen MR) is 105 cm³/mol. The van der Waals surface area contributed by atoms with Crippen molar-refractivity contribution in [3.05, 3.63) is 40.8 Å². The quantitative estimate of drug-likeness (QED) is 0.549. The molecule has 2 rings (SSSR count). The summed E-state index contributed by atoms with van der Waals surface area (Å²) in [6, 6.07) is 7.55. The molecular weight excluding hydrogens is 414 g/mol. The Bertz CT molecular complexity index is 746. The lowest BCUT2D eigenvalue weighted by Crippen LogP contribution is -2.40. The van der Waals surface area contributed by atoms with Crippen molar-refractivity contribution in [2.45, 2.75) is 45.1 Å². The molecule has 1 aromatic heterocycles. The van der Waals surface area contributed by atoms with Gasteiger partial charge >= 0.3 is 6.09 Å². The summed E-state index contributed by atoms with van der Waals surface area (Å²) in [4.78, 5) is 27.6. The van der Waals surface area contributed by atoms with E-state index in [-0.39, 0.29) is 6.42 Å². The van der Waals surface area contributed by atoms with Crippen molar-refractivity contribution in [3.63, 3.8) is 0 Å². The topological polar surface area (TPSA) is 107 Å². The van der Waals surface area contributed by atoms with E-state index < -0.39 is 18.1 Å². The molecule has 0 bridgehead atoms. The number of nitrogens with one attached hydrogen (secondary N) is 1. The lowest BCUT2D eigenvalue weighted by molar-refractivity contribution is -0.129. The second-order valence-corrected chi connectivity index (χ2v) is 7.02. The van der Waals surface area contributed by atoms with Crippen molar-refractivity contribution < 1.29 is 18.7 Å². The van der Waals surface area contributed by atoms with Crippen LogP contribution in [0.4, 0.5) is 4.79 Å². The lowest BCUT2D eigenvalue weighted by Gasteiger charge is -2.15. The summed E-state index contributed by atoms with van der Waals surface area (Å²) in [6.07, 6.45) is 3.64. The number of nitrogens with zero attached hydrogens (tertiary/aromatic N) is 1. The number of amides is 2. The second-order valence-electron chi connectivity index (χ2n) is 6.11. The van der Waals surface area contributed by atoms with Crippen LogP contribution in [-0.4, -0.2) is 29.6 Å². The Labute approximate surface area is 166 Å². The molecule has 0 aliphatic rings. The number of hydrogen-bond acceptors (Lipinski definition) is 5. The number of rotatable bonds is 10. The highest BCUT2D eigenvalue weighted by atomic mass is 79.9. The van der Waals surface area contributed by atoms with E-state index in [1.807, 2.05) is 24.3 Å². The second kappa shape index (κ2) is 10.7. The fraction of sp³-hybridized carbons (Fsp3) is 0.421. The van der Waals surface area contributed by atoms with Gasteiger partial charge < -0.3 is 20.2 Å². The highest BCUT2D eigenvalue weighted by Crippen LogP contribution is 2.23. The summed E-state index contributed by atoms with van der Waals surface area (Å²) in [5, 5.41) is 2.77. The van der Waals surface area contributed by atoms with E-state index >= 15 is 0 Å². The number of nitrogens with two attached hydrogens (primary N) is 1. The summed E-state index contributed by atoms with van der Waals surface area (Å²) in [5.74, 6) is 0.448. The average Bonchev–Trinajstić information content (AvgIpc) is 3.09. The number of primary amides is 1. The maximum absolute atomic E-state index is 12.3. The highest BCUT2D eigenvalue weighted by Gasteiger charge is 2.24. The van der Waals surface area contributed by atoms with Crippen LogP contribution in [0, 0.1) is 0 Å². The van der Waals surface area contributed by atoms with Gasteiger partial charge in [0.2, 0.25) is 0 Å². The zero-order chi connectivity index (χ0) is 19.6. The maximum Gasteiger partial charge on any atom is 0.405 e. The third-order valence-corrected chi connectivity index (χ3v) is 4.45. The van der Waals surface area contributed by atoms with Crippen LogP contribution in [0.5, 0.6) is 0 Å². The van der Waals surface area contributed by atoms with Crippen molar-refractivity contribution in [2.75, 3.05) is 6.54 Å². The van der Waals surface area contributed by atoms with Gasteiger partial charge in [-0.05, 0) is 18.6 Å². The fourth-order valence-corrected chi connectivity index (χ4v) is 2.78. The molecular formula is C19H24BrN3O4. The molecule has 1 heterocycles. The Hall–Kier alpha value is -2.35. The smallest absolute Gasteiger partial charge is 0.405 e. The number of carbonyl (C=O) groups is 2. The van der Waals surface area contributed by atoms with Gasteiger partial charge in [0.25, 0.3) is 5.91 Å². The number of oxazole rings is 1. The van der Waals surface area contributed by atoms with Gasteiger partial charge in [-0.1, -0.05) is 54.2 Å². The zero-order valence-corrected chi connectivity index (χ0v) is 16.8. The molecule has 3 N–H and O–H groups in total. The van der Waals surface area contributed by atoms with E-state index in [0.29, 0.717) is 18.2 Å². The molecule has 7 nitrogen and oxygen atoms in total. The molecule has 146 valence electrons. The first-order valence-electron chi connectivity index (χ1n) is 8.94. The number of ether oxygens (including phenoxy) is 1. The van der Waals surface area contributed by atoms with E-state index in [0.717, 1.165) is 35.7 Å².